The van der Waals surface area contributed by atoms with E-state index in [0.29, 0.717) is 13.0 Å². The van der Waals surface area contributed by atoms with Gasteiger partial charge in [-0.1, -0.05) is 25.5 Å². The van der Waals surface area contributed by atoms with E-state index in [1.165, 1.54) is 0 Å². The molecule has 1 aliphatic carbocycles. The topological polar surface area (TPSA) is 64.6 Å². The molecule has 29 heavy (non-hydrogen) atoms. The summed E-state index contributed by atoms with van der Waals surface area (Å²) in [5, 5.41) is 2.17. The van der Waals surface area contributed by atoms with Crippen molar-refractivity contribution in [1.82, 2.24) is 4.72 Å². The van der Waals surface area contributed by atoms with E-state index >= 15 is 0 Å². The first kappa shape index (κ1) is 20.1. The summed E-state index contributed by atoms with van der Waals surface area (Å²) in [4.78, 5) is 0. The first-order chi connectivity index (χ1) is 14.0. The molecule has 1 N–H and O–H groups in total. The Bertz CT molecular complexity index is 1010. The first-order valence-corrected chi connectivity index (χ1v) is 12.3. The smallest absolute Gasteiger partial charge is 0.232 e. The Morgan fingerprint density at radius 1 is 1.00 bits per heavy atom. The first-order valence-electron chi connectivity index (χ1n) is 10.6. The molecule has 1 fully saturated rings. The molecule has 1 aliphatic heterocycles. The van der Waals surface area contributed by atoms with E-state index in [-0.39, 0.29) is 11.7 Å². The second-order valence-electron chi connectivity index (χ2n) is 7.96. The average molecular weight is 416 g/mol. The third kappa shape index (κ3) is 4.86. The van der Waals surface area contributed by atoms with Crippen molar-refractivity contribution in [2.45, 2.75) is 51.9 Å². The third-order valence-corrected chi connectivity index (χ3v) is 7.00. The average Bonchev–Trinajstić information content (AvgIpc) is 2.97. The molecule has 0 bridgehead atoms. The fraction of sp³-hybridized carbons (Fsp3) is 0.478. The molecule has 0 amide bonds. The summed E-state index contributed by atoms with van der Waals surface area (Å²) < 4.78 is 39.5. The highest BCUT2D eigenvalue weighted by Crippen LogP contribution is 2.35. The molecule has 0 radical (unpaired) electrons. The maximum Gasteiger partial charge on any atom is 0.232 e. The molecule has 0 saturated carbocycles. The Balaban J connectivity index is 1.65. The van der Waals surface area contributed by atoms with E-state index in [2.05, 4.69) is 11.6 Å². The van der Waals surface area contributed by atoms with Crippen molar-refractivity contribution in [2.24, 2.45) is 5.92 Å². The van der Waals surface area contributed by atoms with Gasteiger partial charge in [0.25, 0.3) is 0 Å². The molecule has 2 aliphatic rings. The fourth-order valence-corrected chi connectivity index (χ4v) is 5.44. The van der Waals surface area contributed by atoms with Crippen molar-refractivity contribution >= 4 is 20.8 Å². The van der Waals surface area contributed by atoms with Crippen LogP contribution in [0, 0.1) is 5.92 Å². The zero-order valence-electron chi connectivity index (χ0n) is 16.9. The zero-order chi connectivity index (χ0) is 20.3. The Morgan fingerprint density at radius 2 is 1.76 bits per heavy atom. The summed E-state index contributed by atoms with van der Waals surface area (Å²) in [6.45, 7) is 2.78. The van der Waals surface area contributed by atoms with E-state index in [4.69, 9.17) is 9.47 Å². The van der Waals surface area contributed by atoms with Crippen LogP contribution in [0.3, 0.4) is 0 Å². The van der Waals surface area contributed by atoms with Crippen LogP contribution in [0.1, 0.15) is 51.9 Å². The van der Waals surface area contributed by atoms with E-state index in [9.17, 15) is 8.42 Å². The van der Waals surface area contributed by atoms with E-state index in [0.717, 1.165) is 72.3 Å². The van der Waals surface area contributed by atoms with Gasteiger partial charge in [0.1, 0.15) is 17.3 Å². The fourth-order valence-electron chi connectivity index (χ4n) is 4.17. The number of rotatable bonds is 5. The quantitative estimate of drug-likeness (QED) is 0.736. The second-order valence-corrected chi connectivity index (χ2v) is 9.81. The van der Waals surface area contributed by atoms with Gasteiger partial charge >= 0.3 is 0 Å². The molecule has 156 valence electrons. The number of allylic oxidation sites excluding steroid dienone is 2. The molecule has 2 aromatic rings. The molecular weight excluding hydrogens is 386 g/mol. The van der Waals surface area contributed by atoms with Crippen LogP contribution >= 0.6 is 0 Å². The molecule has 4 rings (SSSR count). The molecule has 0 aromatic heterocycles. The van der Waals surface area contributed by atoms with Crippen molar-refractivity contribution in [3.8, 4) is 11.5 Å². The molecule has 1 unspecified atom stereocenters. The highest BCUT2D eigenvalue weighted by molar-refractivity contribution is 7.89. The van der Waals surface area contributed by atoms with Gasteiger partial charge in [-0.3, -0.25) is 4.72 Å². The van der Waals surface area contributed by atoms with Crippen LogP contribution in [-0.2, 0) is 10.0 Å². The van der Waals surface area contributed by atoms with E-state index < -0.39 is 10.0 Å². The van der Waals surface area contributed by atoms with Gasteiger partial charge in [0, 0.05) is 12.3 Å². The van der Waals surface area contributed by atoms with Gasteiger partial charge in [0.15, 0.2) is 0 Å². The van der Waals surface area contributed by atoms with Crippen LogP contribution in [0.2, 0.25) is 0 Å². The Morgan fingerprint density at radius 3 is 2.59 bits per heavy atom. The summed E-state index contributed by atoms with van der Waals surface area (Å²) in [7, 11) is -3.28. The number of benzene rings is 2. The van der Waals surface area contributed by atoms with Crippen LogP contribution in [0.15, 0.2) is 47.9 Å². The minimum absolute atomic E-state index is 0.191. The Labute approximate surface area is 173 Å². The summed E-state index contributed by atoms with van der Waals surface area (Å²) in [5.41, 5.74) is 0.778. The van der Waals surface area contributed by atoms with Crippen LogP contribution < -0.4 is 14.2 Å². The third-order valence-electron chi connectivity index (χ3n) is 5.64. The summed E-state index contributed by atoms with van der Waals surface area (Å²) in [5.74, 6) is 2.79. The van der Waals surface area contributed by atoms with E-state index in [1.807, 2.05) is 36.4 Å². The van der Waals surface area contributed by atoms with Crippen LogP contribution in [-0.4, -0.2) is 20.8 Å². The monoisotopic (exact) mass is 415 g/mol. The SMILES string of the molecule is CCCOc1ccc2ccc(OC3=C4NS(=O)(=O)CCCC4CCCC3)cc2c1. The summed E-state index contributed by atoms with van der Waals surface area (Å²) >= 11 is 0. The maximum atomic E-state index is 12.3. The summed E-state index contributed by atoms with van der Waals surface area (Å²) in [6.07, 6.45) is 6.44. The highest BCUT2D eigenvalue weighted by atomic mass is 32.2. The van der Waals surface area contributed by atoms with Crippen molar-refractivity contribution in [3.63, 3.8) is 0 Å². The van der Waals surface area contributed by atoms with Gasteiger partial charge in [-0.2, -0.15) is 0 Å². The van der Waals surface area contributed by atoms with Crippen molar-refractivity contribution < 1.29 is 17.9 Å². The van der Waals surface area contributed by atoms with Crippen molar-refractivity contribution in [3.05, 3.63) is 47.9 Å². The molecule has 2 aromatic carbocycles. The number of sulfonamides is 1. The largest absolute Gasteiger partial charge is 0.494 e. The zero-order valence-corrected chi connectivity index (χ0v) is 17.8. The van der Waals surface area contributed by atoms with Gasteiger partial charge in [0.2, 0.25) is 10.0 Å². The molecule has 5 nitrogen and oxygen atoms in total. The number of ether oxygens (including phenoxy) is 2. The lowest BCUT2D eigenvalue weighted by atomic mass is 9.95. The van der Waals surface area contributed by atoms with Crippen LogP contribution in [0.25, 0.3) is 10.8 Å². The predicted octanol–water partition coefficient (Wildman–Crippen LogP) is 5.12. The molecule has 1 saturated heterocycles. The lowest BCUT2D eigenvalue weighted by Crippen LogP contribution is -2.27. The van der Waals surface area contributed by atoms with Crippen LogP contribution in [0.5, 0.6) is 11.5 Å². The van der Waals surface area contributed by atoms with Gasteiger partial charge in [-0.15, -0.1) is 0 Å². The predicted molar refractivity (Wildman–Crippen MR) is 116 cm³/mol. The Hall–Kier alpha value is -2.21. The number of hydrogen-bond acceptors (Lipinski definition) is 4. The number of fused-ring (bicyclic) bond motifs is 2. The lowest BCUT2D eigenvalue weighted by Gasteiger charge is -2.20. The molecule has 6 heteroatoms. The van der Waals surface area contributed by atoms with Gasteiger partial charge in [-0.05, 0) is 67.1 Å². The van der Waals surface area contributed by atoms with Gasteiger partial charge in [0.05, 0.1) is 18.1 Å². The standard InChI is InChI=1S/C23H29NO4S/c1-2-13-27-20-11-9-17-10-12-21(16-19(17)15-20)28-22-8-4-3-6-18-7-5-14-29(25,26)24-23(18)22/h9-12,15-16,18,24H,2-8,13-14H2,1H3. The molecule has 0 spiro atoms. The van der Waals surface area contributed by atoms with Gasteiger partial charge < -0.3 is 9.47 Å². The lowest BCUT2D eigenvalue weighted by molar-refractivity contribution is 0.318. The summed E-state index contributed by atoms with van der Waals surface area (Å²) in [6, 6.07) is 12.1. The normalized spacial score (nSPS) is 21.6. The molecule has 1 heterocycles. The highest BCUT2D eigenvalue weighted by Gasteiger charge is 2.29. The van der Waals surface area contributed by atoms with Gasteiger partial charge in [-0.25, -0.2) is 8.42 Å². The Kier molecular flexibility index (Phi) is 5.99. The van der Waals surface area contributed by atoms with E-state index in [1.54, 1.807) is 0 Å². The second kappa shape index (κ2) is 8.66. The molecule has 1 atom stereocenters. The van der Waals surface area contributed by atoms with Crippen molar-refractivity contribution in [1.29, 1.82) is 0 Å². The minimum Gasteiger partial charge on any atom is -0.494 e. The minimum atomic E-state index is -3.28. The maximum absolute atomic E-state index is 12.3. The number of nitrogens with one attached hydrogen (secondary N) is 1. The number of hydrogen-bond donors (Lipinski definition) is 1. The molecular formula is C23H29NO4S. The van der Waals surface area contributed by atoms with Crippen LogP contribution in [0.4, 0.5) is 0 Å². The van der Waals surface area contributed by atoms with Crippen molar-refractivity contribution in [2.75, 3.05) is 12.4 Å².